The third-order valence-electron chi connectivity index (χ3n) is 4.69. The smallest absolute Gasteiger partial charge is 0.161 e. The number of benzene rings is 2. The van der Waals surface area contributed by atoms with Crippen LogP contribution in [-0.4, -0.2) is 48.8 Å². The average Bonchev–Trinajstić information content (AvgIpc) is 3.22. The molecule has 1 heterocycles. The van der Waals surface area contributed by atoms with Crippen LogP contribution < -0.4 is 19.5 Å². The molecule has 0 fully saturated rings. The molecule has 0 saturated heterocycles. The van der Waals surface area contributed by atoms with Crippen molar-refractivity contribution >= 4 is 10.9 Å². The Balaban J connectivity index is 1.56. The molecule has 0 amide bonds. The van der Waals surface area contributed by atoms with Crippen LogP contribution >= 0.6 is 0 Å². The molecule has 150 valence electrons. The minimum atomic E-state index is -0.642. The Hall–Kier alpha value is -2.77. The third kappa shape index (κ3) is 4.55. The van der Waals surface area contributed by atoms with Gasteiger partial charge in [-0.3, -0.25) is 5.10 Å². The number of aliphatic hydroxyl groups excluding tert-OH is 1. The van der Waals surface area contributed by atoms with E-state index in [0.717, 1.165) is 22.9 Å². The highest BCUT2D eigenvalue weighted by Crippen LogP contribution is 2.31. The Morgan fingerprint density at radius 3 is 2.68 bits per heavy atom. The molecule has 0 saturated carbocycles. The van der Waals surface area contributed by atoms with Gasteiger partial charge in [-0.05, 0) is 36.2 Å². The molecule has 2 atom stereocenters. The number of fused-ring (bicyclic) bond motifs is 1. The number of hydrogen-bond acceptors (Lipinski definition) is 6. The zero-order valence-corrected chi connectivity index (χ0v) is 16.4. The Morgan fingerprint density at radius 2 is 1.93 bits per heavy atom. The van der Waals surface area contributed by atoms with Crippen LogP contribution in [0.5, 0.6) is 17.2 Å². The van der Waals surface area contributed by atoms with E-state index in [1.165, 1.54) is 0 Å². The minimum Gasteiger partial charge on any atom is -0.493 e. The van der Waals surface area contributed by atoms with E-state index in [4.69, 9.17) is 14.2 Å². The van der Waals surface area contributed by atoms with E-state index < -0.39 is 6.10 Å². The van der Waals surface area contributed by atoms with E-state index >= 15 is 0 Å². The molecule has 0 aliphatic carbocycles. The fourth-order valence-electron chi connectivity index (χ4n) is 3.16. The number of H-pyrrole nitrogens is 1. The molecular weight excluding hydrogens is 358 g/mol. The summed E-state index contributed by atoms with van der Waals surface area (Å²) in [7, 11) is 3.24. The first-order valence-corrected chi connectivity index (χ1v) is 9.34. The Bertz CT molecular complexity index is 896. The SMILES string of the molecule is CCC(NCC(O)COc1cccc2[nH]ncc12)c1ccc(OC)c(OC)c1. The van der Waals surface area contributed by atoms with Gasteiger partial charge >= 0.3 is 0 Å². The van der Waals surface area contributed by atoms with Crippen LogP contribution in [0.15, 0.2) is 42.6 Å². The van der Waals surface area contributed by atoms with Crippen LogP contribution in [0.4, 0.5) is 0 Å². The van der Waals surface area contributed by atoms with E-state index in [1.54, 1.807) is 20.4 Å². The normalized spacial score (nSPS) is 13.3. The van der Waals surface area contributed by atoms with Crippen molar-refractivity contribution in [2.75, 3.05) is 27.4 Å². The molecule has 3 rings (SSSR count). The maximum atomic E-state index is 10.4. The second-order valence-corrected chi connectivity index (χ2v) is 6.54. The molecule has 7 nitrogen and oxygen atoms in total. The lowest BCUT2D eigenvalue weighted by Crippen LogP contribution is -2.33. The summed E-state index contributed by atoms with van der Waals surface area (Å²) in [6.07, 6.45) is 1.95. The molecule has 28 heavy (non-hydrogen) atoms. The zero-order chi connectivity index (χ0) is 19.9. The number of methoxy groups -OCH3 is 2. The van der Waals surface area contributed by atoms with Crippen molar-refractivity contribution in [2.24, 2.45) is 0 Å². The molecule has 0 bridgehead atoms. The van der Waals surface area contributed by atoms with Gasteiger partial charge in [-0.15, -0.1) is 0 Å². The van der Waals surface area contributed by atoms with Crippen molar-refractivity contribution in [1.82, 2.24) is 15.5 Å². The summed E-state index contributed by atoms with van der Waals surface area (Å²) in [6, 6.07) is 11.6. The Kier molecular flexibility index (Phi) is 6.73. The van der Waals surface area contributed by atoms with Gasteiger partial charge in [0.25, 0.3) is 0 Å². The predicted molar refractivity (Wildman–Crippen MR) is 108 cm³/mol. The van der Waals surface area contributed by atoms with E-state index in [2.05, 4.69) is 22.4 Å². The quantitative estimate of drug-likeness (QED) is 0.497. The van der Waals surface area contributed by atoms with Crippen LogP contribution in [0.25, 0.3) is 10.9 Å². The molecular formula is C21H27N3O4. The first kappa shape index (κ1) is 20.0. The molecule has 0 radical (unpaired) electrons. The highest BCUT2D eigenvalue weighted by atomic mass is 16.5. The number of aliphatic hydroxyl groups is 1. The highest BCUT2D eigenvalue weighted by molar-refractivity contribution is 5.84. The van der Waals surface area contributed by atoms with Crippen molar-refractivity contribution < 1.29 is 19.3 Å². The van der Waals surface area contributed by atoms with Gasteiger partial charge in [0.05, 0.1) is 31.3 Å². The maximum absolute atomic E-state index is 10.4. The van der Waals surface area contributed by atoms with Gasteiger partial charge in [0.15, 0.2) is 11.5 Å². The van der Waals surface area contributed by atoms with Gasteiger partial charge < -0.3 is 24.6 Å². The number of rotatable bonds is 10. The number of nitrogens with zero attached hydrogens (tertiary/aromatic N) is 1. The molecule has 0 aliphatic rings. The van der Waals surface area contributed by atoms with Crippen molar-refractivity contribution in [2.45, 2.75) is 25.5 Å². The van der Waals surface area contributed by atoms with Crippen LogP contribution in [0.2, 0.25) is 0 Å². The number of nitrogens with one attached hydrogen (secondary N) is 2. The summed E-state index contributed by atoms with van der Waals surface area (Å²) < 4.78 is 16.5. The lowest BCUT2D eigenvalue weighted by Gasteiger charge is -2.21. The van der Waals surface area contributed by atoms with E-state index in [1.807, 2.05) is 36.4 Å². The zero-order valence-electron chi connectivity index (χ0n) is 16.4. The monoisotopic (exact) mass is 385 g/mol. The minimum absolute atomic E-state index is 0.0896. The Labute approximate surface area is 164 Å². The van der Waals surface area contributed by atoms with Crippen LogP contribution in [0.3, 0.4) is 0 Å². The lowest BCUT2D eigenvalue weighted by atomic mass is 10.0. The Morgan fingerprint density at radius 1 is 1.11 bits per heavy atom. The molecule has 2 aromatic carbocycles. The highest BCUT2D eigenvalue weighted by Gasteiger charge is 2.15. The van der Waals surface area contributed by atoms with Crippen molar-refractivity contribution in [3.63, 3.8) is 0 Å². The predicted octanol–water partition coefficient (Wildman–Crippen LogP) is 3.06. The fourth-order valence-corrected chi connectivity index (χ4v) is 3.16. The standard InChI is InChI=1S/C21H27N3O4/c1-4-17(14-8-9-20(26-2)21(10-14)27-3)22-11-15(25)13-28-19-7-5-6-18-16(19)12-23-24-18/h5-10,12,15,17,22,25H,4,11,13H2,1-3H3,(H,23,24). The first-order valence-electron chi connectivity index (χ1n) is 9.34. The van der Waals surface area contributed by atoms with Gasteiger partial charge in [-0.25, -0.2) is 0 Å². The number of ether oxygens (including phenoxy) is 3. The van der Waals surface area contributed by atoms with Gasteiger partial charge in [-0.2, -0.15) is 5.10 Å². The summed E-state index contributed by atoms with van der Waals surface area (Å²) in [6.45, 7) is 2.70. The number of aromatic nitrogens is 2. The summed E-state index contributed by atoms with van der Waals surface area (Å²) in [5.74, 6) is 2.09. The molecule has 7 heteroatoms. The van der Waals surface area contributed by atoms with Gasteiger partial charge in [0.2, 0.25) is 0 Å². The van der Waals surface area contributed by atoms with Crippen molar-refractivity contribution in [3.8, 4) is 17.2 Å². The van der Waals surface area contributed by atoms with Crippen molar-refractivity contribution in [3.05, 3.63) is 48.2 Å². The van der Waals surface area contributed by atoms with Crippen LogP contribution in [-0.2, 0) is 0 Å². The van der Waals surface area contributed by atoms with Crippen LogP contribution in [0.1, 0.15) is 24.9 Å². The second kappa shape index (κ2) is 9.43. The lowest BCUT2D eigenvalue weighted by molar-refractivity contribution is 0.104. The molecule has 2 unspecified atom stereocenters. The molecule has 3 N–H and O–H groups in total. The first-order chi connectivity index (χ1) is 13.7. The van der Waals surface area contributed by atoms with E-state index in [-0.39, 0.29) is 12.6 Å². The van der Waals surface area contributed by atoms with Gasteiger partial charge in [-0.1, -0.05) is 19.1 Å². The van der Waals surface area contributed by atoms with E-state index in [9.17, 15) is 5.11 Å². The second-order valence-electron chi connectivity index (χ2n) is 6.54. The summed E-state index contributed by atoms with van der Waals surface area (Å²) in [5.41, 5.74) is 1.99. The number of hydrogen-bond donors (Lipinski definition) is 3. The van der Waals surface area contributed by atoms with Gasteiger partial charge in [0, 0.05) is 12.6 Å². The van der Waals surface area contributed by atoms with Crippen molar-refractivity contribution in [1.29, 1.82) is 0 Å². The average molecular weight is 385 g/mol. The summed E-state index contributed by atoms with van der Waals surface area (Å²) in [4.78, 5) is 0. The van der Waals surface area contributed by atoms with Gasteiger partial charge in [0.1, 0.15) is 18.5 Å². The topological polar surface area (TPSA) is 88.6 Å². The largest absolute Gasteiger partial charge is 0.493 e. The molecule has 3 aromatic rings. The van der Waals surface area contributed by atoms with Crippen LogP contribution in [0, 0.1) is 0 Å². The molecule has 0 aliphatic heterocycles. The maximum Gasteiger partial charge on any atom is 0.161 e. The fraction of sp³-hybridized carbons (Fsp3) is 0.381. The molecule has 0 spiro atoms. The molecule has 1 aromatic heterocycles. The number of aromatic amines is 1. The van der Waals surface area contributed by atoms with E-state index in [0.29, 0.717) is 23.8 Å². The summed E-state index contributed by atoms with van der Waals surface area (Å²) >= 11 is 0. The third-order valence-corrected chi connectivity index (χ3v) is 4.69. The summed E-state index contributed by atoms with van der Waals surface area (Å²) in [5, 5.41) is 21.6.